The lowest BCUT2D eigenvalue weighted by Gasteiger charge is -2.42. The molecule has 1 aliphatic heterocycles. The molecule has 0 spiro atoms. The van der Waals surface area contributed by atoms with Gasteiger partial charge in [0.05, 0.1) is 5.69 Å². The number of hydrogen-bond acceptors (Lipinski definition) is 2. The summed E-state index contributed by atoms with van der Waals surface area (Å²) in [7, 11) is 0. The van der Waals surface area contributed by atoms with Crippen LogP contribution in [-0.2, 0) is 0 Å². The molecule has 1 aliphatic rings. The first-order valence-electron chi connectivity index (χ1n) is 6.75. The summed E-state index contributed by atoms with van der Waals surface area (Å²) in [5.41, 5.74) is 1.71. The van der Waals surface area contributed by atoms with Gasteiger partial charge in [-0.1, -0.05) is 19.9 Å². The van der Waals surface area contributed by atoms with E-state index in [2.05, 4.69) is 31.0 Å². The van der Waals surface area contributed by atoms with Gasteiger partial charge in [-0.05, 0) is 37.5 Å². The maximum absolute atomic E-state index is 14.1. The lowest BCUT2D eigenvalue weighted by atomic mass is 9.99. The molecule has 2 unspecified atom stereocenters. The van der Waals surface area contributed by atoms with Crippen molar-refractivity contribution in [1.29, 1.82) is 0 Å². The van der Waals surface area contributed by atoms with Gasteiger partial charge in [-0.15, -0.1) is 0 Å². The maximum Gasteiger partial charge on any atom is 0.146 e. The van der Waals surface area contributed by atoms with Crippen LogP contribution in [0.15, 0.2) is 18.2 Å². The number of hydrogen-bond donors (Lipinski definition) is 1. The average molecular weight is 250 g/mol. The van der Waals surface area contributed by atoms with Gasteiger partial charge in [-0.2, -0.15) is 0 Å². The van der Waals surface area contributed by atoms with Crippen LogP contribution in [0.2, 0.25) is 0 Å². The molecule has 3 heteroatoms. The van der Waals surface area contributed by atoms with Gasteiger partial charge >= 0.3 is 0 Å². The second-order valence-corrected chi connectivity index (χ2v) is 5.72. The summed E-state index contributed by atoms with van der Waals surface area (Å²) in [6, 6.07) is 6.27. The molecule has 0 radical (unpaired) electrons. The minimum absolute atomic E-state index is 0.105. The van der Waals surface area contributed by atoms with Crippen molar-refractivity contribution in [3.05, 3.63) is 29.6 Å². The molecule has 1 aromatic rings. The zero-order chi connectivity index (χ0) is 13.3. The smallest absolute Gasteiger partial charge is 0.146 e. The summed E-state index contributed by atoms with van der Waals surface area (Å²) >= 11 is 0. The lowest BCUT2D eigenvalue weighted by Crippen LogP contribution is -2.57. The number of nitrogens with zero attached hydrogens (tertiary/aromatic N) is 1. The molecule has 0 saturated carbocycles. The van der Waals surface area contributed by atoms with Crippen LogP contribution >= 0.6 is 0 Å². The second-order valence-electron chi connectivity index (χ2n) is 5.72. The number of halogens is 1. The predicted molar refractivity (Wildman–Crippen MR) is 74.6 cm³/mol. The molecule has 1 fully saturated rings. The summed E-state index contributed by atoms with van der Waals surface area (Å²) in [5.74, 6) is 0.458. The highest BCUT2D eigenvalue weighted by atomic mass is 19.1. The van der Waals surface area contributed by atoms with Crippen molar-refractivity contribution in [2.75, 3.05) is 18.0 Å². The van der Waals surface area contributed by atoms with Gasteiger partial charge in [0.25, 0.3) is 0 Å². The van der Waals surface area contributed by atoms with Gasteiger partial charge in [-0.3, -0.25) is 0 Å². The monoisotopic (exact) mass is 250 g/mol. The third-order valence-electron chi connectivity index (χ3n) is 3.82. The molecule has 18 heavy (non-hydrogen) atoms. The maximum atomic E-state index is 14.1. The van der Waals surface area contributed by atoms with Gasteiger partial charge in [-0.25, -0.2) is 4.39 Å². The van der Waals surface area contributed by atoms with Crippen molar-refractivity contribution < 1.29 is 4.39 Å². The van der Waals surface area contributed by atoms with Gasteiger partial charge < -0.3 is 10.2 Å². The SMILES string of the molecule is Cc1ccc(N2CC(C(C)C)NCC2C)c(F)c1. The van der Waals surface area contributed by atoms with Crippen LogP contribution < -0.4 is 10.2 Å². The second kappa shape index (κ2) is 5.27. The van der Waals surface area contributed by atoms with Crippen molar-refractivity contribution >= 4 is 5.69 Å². The Morgan fingerprint density at radius 2 is 2.11 bits per heavy atom. The highest BCUT2D eigenvalue weighted by molar-refractivity contribution is 5.50. The van der Waals surface area contributed by atoms with Gasteiger partial charge in [0.2, 0.25) is 0 Å². The van der Waals surface area contributed by atoms with Crippen LogP contribution in [0.5, 0.6) is 0 Å². The molecule has 0 bridgehead atoms. The van der Waals surface area contributed by atoms with Crippen molar-refractivity contribution in [3.8, 4) is 0 Å². The van der Waals surface area contributed by atoms with Crippen molar-refractivity contribution in [2.45, 2.75) is 39.8 Å². The standard InChI is InChI=1S/C15H23FN2/c1-10(2)14-9-18(12(4)8-17-14)15-6-5-11(3)7-13(15)16/h5-7,10,12,14,17H,8-9H2,1-4H3. The predicted octanol–water partition coefficient (Wildman–Crippen LogP) is 2.96. The molecule has 2 nitrogen and oxygen atoms in total. The summed E-state index contributed by atoms with van der Waals surface area (Å²) in [6.45, 7) is 10.3. The Morgan fingerprint density at radius 3 is 2.72 bits per heavy atom. The van der Waals surface area contributed by atoms with E-state index in [1.54, 1.807) is 6.07 Å². The quantitative estimate of drug-likeness (QED) is 0.868. The van der Waals surface area contributed by atoms with Crippen LogP contribution in [0.25, 0.3) is 0 Å². The summed E-state index contributed by atoms with van der Waals surface area (Å²) in [5, 5.41) is 3.53. The van der Waals surface area contributed by atoms with Gasteiger partial charge in [0.1, 0.15) is 5.82 Å². The zero-order valence-electron chi connectivity index (χ0n) is 11.7. The van der Waals surface area contributed by atoms with E-state index in [0.717, 1.165) is 24.3 Å². The molecular formula is C15H23FN2. The number of rotatable bonds is 2. The normalized spacial score (nSPS) is 24.7. The summed E-state index contributed by atoms with van der Waals surface area (Å²) in [6.07, 6.45) is 0. The minimum Gasteiger partial charge on any atom is -0.364 e. The number of piperazine rings is 1. The number of benzene rings is 1. The molecule has 100 valence electrons. The van der Waals surface area contributed by atoms with E-state index in [1.165, 1.54) is 0 Å². The van der Waals surface area contributed by atoms with E-state index in [4.69, 9.17) is 0 Å². The van der Waals surface area contributed by atoms with Crippen LogP contribution in [-0.4, -0.2) is 25.2 Å². The largest absolute Gasteiger partial charge is 0.364 e. The fraction of sp³-hybridized carbons (Fsp3) is 0.600. The first-order chi connectivity index (χ1) is 8.49. The molecule has 1 saturated heterocycles. The van der Waals surface area contributed by atoms with Gasteiger partial charge in [0, 0.05) is 25.2 Å². The molecule has 2 atom stereocenters. The number of nitrogens with one attached hydrogen (secondary N) is 1. The van der Waals surface area contributed by atoms with E-state index in [0.29, 0.717) is 18.0 Å². The molecule has 1 heterocycles. The van der Waals surface area contributed by atoms with Gasteiger partial charge in [0.15, 0.2) is 0 Å². The molecule has 0 aliphatic carbocycles. The number of aryl methyl sites for hydroxylation is 1. The topological polar surface area (TPSA) is 15.3 Å². The Labute approximate surface area is 109 Å². The summed E-state index contributed by atoms with van der Waals surface area (Å²) in [4.78, 5) is 2.19. The Hall–Kier alpha value is -1.09. The van der Waals surface area contributed by atoms with E-state index in [9.17, 15) is 4.39 Å². The third kappa shape index (κ3) is 2.66. The highest BCUT2D eigenvalue weighted by Gasteiger charge is 2.28. The Bertz CT molecular complexity index is 417. The Kier molecular flexibility index (Phi) is 3.91. The van der Waals surface area contributed by atoms with Crippen LogP contribution in [0.3, 0.4) is 0 Å². The Balaban J connectivity index is 2.24. The van der Waals surface area contributed by atoms with E-state index in [-0.39, 0.29) is 5.82 Å². The van der Waals surface area contributed by atoms with Crippen LogP contribution in [0.4, 0.5) is 10.1 Å². The highest BCUT2D eigenvalue weighted by Crippen LogP contribution is 2.25. The average Bonchev–Trinajstić information content (AvgIpc) is 2.30. The molecule has 1 aromatic carbocycles. The van der Waals surface area contributed by atoms with E-state index >= 15 is 0 Å². The summed E-state index contributed by atoms with van der Waals surface area (Å²) < 4.78 is 14.1. The molecular weight excluding hydrogens is 227 g/mol. The van der Waals surface area contributed by atoms with Crippen molar-refractivity contribution in [1.82, 2.24) is 5.32 Å². The number of anilines is 1. The lowest BCUT2D eigenvalue weighted by molar-refractivity contribution is 0.335. The van der Waals surface area contributed by atoms with E-state index in [1.807, 2.05) is 19.1 Å². The fourth-order valence-electron chi connectivity index (χ4n) is 2.52. The van der Waals surface area contributed by atoms with Crippen LogP contribution in [0.1, 0.15) is 26.3 Å². The Morgan fingerprint density at radius 1 is 1.39 bits per heavy atom. The van der Waals surface area contributed by atoms with Crippen LogP contribution in [0, 0.1) is 18.7 Å². The zero-order valence-corrected chi connectivity index (χ0v) is 11.7. The molecule has 1 N–H and O–H groups in total. The fourth-order valence-corrected chi connectivity index (χ4v) is 2.52. The molecule has 0 amide bonds. The molecule has 0 aromatic heterocycles. The minimum atomic E-state index is -0.105. The van der Waals surface area contributed by atoms with E-state index < -0.39 is 0 Å². The first kappa shape index (κ1) is 13.3. The van der Waals surface area contributed by atoms with Crippen molar-refractivity contribution in [3.63, 3.8) is 0 Å². The van der Waals surface area contributed by atoms with Crippen molar-refractivity contribution in [2.24, 2.45) is 5.92 Å². The molecule has 2 rings (SSSR count). The first-order valence-corrected chi connectivity index (χ1v) is 6.75. The third-order valence-corrected chi connectivity index (χ3v) is 3.82.